The van der Waals surface area contributed by atoms with Crippen LogP contribution in [0.1, 0.15) is 22.4 Å². The van der Waals surface area contributed by atoms with Gasteiger partial charge in [-0.3, -0.25) is 4.79 Å². The fourth-order valence-corrected chi connectivity index (χ4v) is 2.94. The molecule has 1 aromatic carbocycles. The number of carboxylic acids is 1. The summed E-state index contributed by atoms with van der Waals surface area (Å²) >= 11 is 1.33. The standard InChI is InChI=1S/C16H18N2O5S/c1-16(22,15(20)21)9-17-14(19)12-13(10-6-4-3-5-7-10)24-11(18-12)8-23-2/h3-7,22H,8-9H2,1-2H3,(H,17,19)(H,20,21). The van der Waals surface area contributed by atoms with Crippen LogP contribution in [0.5, 0.6) is 0 Å². The van der Waals surface area contributed by atoms with E-state index in [0.29, 0.717) is 9.88 Å². The maximum absolute atomic E-state index is 12.4. The number of carbonyl (C=O) groups is 2. The number of aliphatic carboxylic acids is 1. The molecule has 2 rings (SSSR count). The second kappa shape index (κ2) is 7.52. The SMILES string of the molecule is COCc1nc(C(=O)NCC(C)(O)C(=O)O)c(-c2ccccc2)s1. The van der Waals surface area contributed by atoms with Gasteiger partial charge in [0, 0.05) is 7.11 Å². The first-order valence-electron chi connectivity index (χ1n) is 7.13. The minimum atomic E-state index is -2.05. The molecule has 0 aliphatic carbocycles. The average Bonchev–Trinajstić information content (AvgIpc) is 2.98. The van der Waals surface area contributed by atoms with Crippen molar-refractivity contribution in [3.8, 4) is 10.4 Å². The fraction of sp³-hybridized carbons (Fsp3) is 0.312. The molecule has 0 aliphatic rings. The molecule has 0 aliphatic heterocycles. The number of amides is 1. The van der Waals surface area contributed by atoms with Crippen molar-refractivity contribution in [2.75, 3.05) is 13.7 Å². The van der Waals surface area contributed by atoms with Gasteiger partial charge in [0.15, 0.2) is 5.60 Å². The van der Waals surface area contributed by atoms with Gasteiger partial charge in [-0.25, -0.2) is 9.78 Å². The van der Waals surface area contributed by atoms with E-state index in [1.165, 1.54) is 18.4 Å². The molecule has 1 unspecified atom stereocenters. The van der Waals surface area contributed by atoms with E-state index < -0.39 is 24.0 Å². The summed E-state index contributed by atoms with van der Waals surface area (Å²) in [6.07, 6.45) is 0. The molecule has 0 radical (unpaired) electrons. The molecule has 0 saturated heterocycles. The zero-order chi connectivity index (χ0) is 17.7. The molecule has 24 heavy (non-hydrogen) atoms. The van der Waals surface area contributed by atoms with Crippen LogP contribution in [0.15, 0.2) is 30.3 Å². The van der Waals surface area contributed by atoms with E-state index in [0.717, 1.165) is 12.5 Å². The summed E-state index contributed by atoms with van der Waals surface area (Å²) in [7, 11) is 1.54. The van der Waals surface area contributed by atoms with Crippen LogP contribution < -0.4 is 5.32 Å². The zero-order valence-corrected chi connectivity index (χ0v) is 14.1. The summed E-state index contributed by atoms with van der Waals surface area (Å²) in [5, 5.41) is 21.7. The van der Waals surface area contributed by atoms with Gasteiger partial charge in [-0.15, -0.1) is 11.3 Å². The van der Waals surface area contributed by atoms with E-state index in [4.69, 9.17) is 9.84 Å². The minimum Gasteiger partial charge on any atom is -0.479 e. The van der Waals surface area contributed by atoms with Crippen LogP contribution in [-0.2, 0) is 16.1 Å². The summed E-state index contributed by atoms with van der Waals surface area (Å²) in [5.74, 6) is -1.96. The largest absolute Gasteiger partial charge is 0.479 e. The molecule has 0 bridgehead atoms. The first kappa shape index (κ1) is 18.1. The van der Waals surface area contributed by atoms with Crippen LogP contribution >= 0.6 is 11.3 Å². The Bertz CT molecular complexity index is 727. The highest BCUT2D eigenvalue weighted by Gasteiger charge is 2.31. The normalized spacial score (nSPS) is 13.3. The molecule has 1 amide bonds. The quantitative estimate of drug-likeness (QED) is 0.699. The molecule has 7 nitrogen and oxygen atoms in total. The summed E-state index contributed by atoms with van der Waals surface area (Å²) in [5.41, 5.74) is -1.04. The lowest BCUT2D eigenvalue weighted by Crippen LogP contribution is -2.46. The Kier molecular flexibility index (Phi) is 5.66. The Morgan fingerprint density at radius 1 is 1.33 bits per heavy atom. The Labute approximate surface area is 142 Å². The molecule has 3 N–H and O–H groups in total. The molecule has 0 spiro atoms. The molecular weight excluding hydrogens is 332 g/mol. The molecule has 1 atom stereocenters. The third-order valence-corrected chi connectivity index (χ3v) is 4.32. The lowest BCUT2D eigenvalue weighted by molar-refractivity contribution is -0.155. The third kappa shape index (κ3) is 4.16. The van der Waals surface area contributed by atoms with Gasteiger partial charge in [0.1, 0.15) is 10.7 Å². The third-order valence-electron chi connectivity index (χ3n) is 3.24. The lowest BCUT2D eigenvalue weighted by Gasteiger charge is -2.18. The number of aliphatic hydroxyl groups is 1. The molecule has 1 aromatic heterocycles. The second-order valence-corrected chi connectivity index (χ2v) is 6.43. The van der Waals surface area contributed by atoms with Crippen molar-refractivity contribution < 1.29 is 24.5 Å². The summed E-state index contributed by atoms with van der Waals surface area (Å²) in [6, 6.07) is 9.27. The summed E-state index contributed by atoms with van der Waals surface area (Å²) in [4.78, 5) is 28.3. The van der Waals surface area contributed by atoms with E-state index in [9.17, 15) is 14.7 Å². The lowest BCUT2D eigenvalue weighted by atomic mass is 10.1. The van der Waals surface area contributed by atoms with Crippen LogP contribution in [0.25, 0.3) is 10.4 Å². The number of methoxy groups -OCH3 is 1. The Morgan fingerprint density at radius 2 is 2.00 bits per heavy atom. The summed E-state index contributed by atoms with van der Waals surface area (Å²) < 4.78 is 5.06. The average molecular weight is 350 g/mol. The summed E-state index contributed by atoms with van der Waals surface area (Å²) in [6.45, 7) is 0.961. The number of carboxylic acid groups (broad SMARTS) is 1. The molecule has 0 saturated carbocycles. The van der Waals surface area contributed by atoms with Gasteiger partial charge in [0.25, 0.3) is 5.91 Å². The maximum atomic E-state index is 12.4. The number of hydrogen-bond acceptors (Lipinski definition) is 6. The van der Waals surface area contributed by atoms with Gasteiger partial charge < -0.3 is 20.3 Å². The van der Waals surface area contributed by atoms with Gasteiger partial charge >= 0.3 is 5.97 Å². The smallest absolute Gasteiger partial charge is 0.337 e. The van der Waals surface area contributed by atoms with Crippen molar-refractivity contribution in [3.63, 3.8) is 0 Å². The highest BCUT2D eigenvalue weighted by molar-refractivity contribution is 7.15. The number of carbonyl (C=O) groups excluding carboxylic acids is 1. The first-order valence-corrected chi connectivity index (χ1v) is 7.95. The highest BCUT2D eigenvalue weighted by Crippen LogP contribution is 2.30. The number of hydrogen-bond donors (Lipinski definition) is 3. The van der Waals surface area contributed by atoms with Gasteiger partial charge in [0.2, 0.25) is 0 Å². The van der Waals surface area contributed by atoms with E-state index in [1.807, 2.05) is 30.3 Å². The number of rotatable bonds is 7. The van der Waals surface area contributed by atoms with Crippen molar-refractivity contribution in [1.29, 1.82) is 0 Å². The van der Waals surface area contributed by atoms with Gasteiger partial charge in [-0.05, 0) is 12.5 Å². The Balaban J connectivity index is 2.28. The molecule has 2 aromatic rings. The van der Waals surface area contributed by atoms with Crippen LogP contribution in [-0.4, -0.2) is 46.3 Å². The highest BCUT2D eigenvalue weighted by atomic mass is 32.1. The minimum absolute atomic E-state index is 0.180. The number of thiazole rings is 1. The number of ether oxygens (including phenoxy) is 1. The van der Waals surface area contributed by atoms with Crippen LogP contribution in [0.4, 0.5) is 0 Å². The number of nitrogens with zero attached hydrogens (tertiary/aromatic N) is 1. The number of aromatic nitrogens is 1. The molecule has 8 heteroatoms. The van der Waals surface area contributed by atoms with Crippen molar-refractivity contribution in [3.05, 3.63) is 41.0 Å². The molecule has 128 valence electrons. The fourth-order valence-electron chi connectivity index (χ4n) is 1.90. The predicted octanol–water partition coefficient (Wildman–Crippen LogP) is 1.52. The zero-order valence-electron chi connectivity index (χ0n) is 13.3. The number of benzene rings is 1. The molecular formula is C16H18N2O5S. The Morgan fingerprint density at radius 3 is 2.58 bits per heavy atom. The Hall–Kier alpha value is -2.29. The monoisotopic (exact) mass is 350 g/mol. The molecule has 0 fully saturated rings. The number of nitrogens with one attached hydrogen (secondary N) is 1. The molecule has 1 heterocycles. The van der Waals surface area contributed by atoms with Crippen LogP contribution in [0.3, 0.4) is 0 Å². The van der Waals surface area contributed by atoms with Crippen LogP contribution in [0, 0.1) is 0 Å². The van der Waals surface area contributed by atoms with Crippen molar-refractivity contribution in [2.24, 2.45) is 0 Å². The van der Waals surface area contributed by atoms with E-state index in [2.05, 4.69) is 10.3 Å². The topological polar surface area (TPSA) is 109 Å². The van der Waals surface area contributed by atoms with Gasteiger partial charge in [-0.1, -0.05) is 30.3 Å². The van der Waals surface area contributed by atoms with Gasteiger partial charge in [-0.2, -0.15) is 0 Å². The van der Waals surface area contributed by atoms with Gasteiger partial charge in [0.05, 0.1) is 18.0 Å². The van der Waals surface area contributed by atoms with E-state index in [1.54, 1.807) is 0 Å². The van der Waals surface area contributed by atoms with E-state index in [-0.39, 0.29) is 12.3 Å². The van der Waals surface area contributed by atoms with E-state index >= 15 is 0 Å². The second-order valence-electron chi connectivity index (χ2n) is 5.35. The predicted molar refractivity (Wildman–Crippen MR) is 88.9 cm³/mol. The maximum Gasteiger partial charge on any atom is 0.337 e. The van der Waals surface area contributed by atoms with Crippen molar-refractivity contribution >= 4 is 23.2 Å². The first-order chi connectivity index (χ1) is 11.3. The van der Waals surface area contributed by atoms with Crippen LogP contribution in [0.2, 0.25) is 0 Å². The van der Waals surface area contributed by atoms with Crippen molar-refractivity contribution in [1.82, 2.24) is 10.3 Å². The van der Waals surface area contributed by atoms with Crippen molar-refractivity contribution in [2.45, 2.75) is 19.1 Å².